The summed E-state index contributed by atoms with van der Waals surface area (Å²) in [6.45, 7) is 2.78. The Morgan fingerprint density at radius 1 is 0.690 bits per heavy atom. The number of fused-ring (bicyclic) bond motifs is 2. The van der Waals surface area contributed by atoms with E-state index in [4.69, 9.17) is 4.74 Å². The molecule has 0 radical (unpaired) electrons. The van der Waals surface area contributed by atoms with Crippen LogP contribution >= 0.6 is 0 Å². The highest BCUT2D eigenvalue weighted by Crippen LogP contribution is 2.33. The number of nitrogens with zero attached hydrogens (tertiary/aromatic N) is 3. The van der Waals surface area contributed by atoms with Gasteiger partial charge in [0.15, 0.2) is 11.5 Å². The molecule has 308 valence electrons. The molecule has 1 saturated heterocycles. The standard InChI is InChI=1S/C41H48N6O11/c1-22-36(52)44-29(15-17-35(50)51)40(56)45(3)30(18-24-6-11-27(48)12-7-24)38(54)43-23(2)39(55)47(5)32-19-25-8-13-28(14-9-25)58-34-21-26(10-16-33(34)49)20-31(37(53)42-22)46(4)41(32)57/h6-14,16,21-23,29-32,48-49H,15,17-20H2,1-5H3,(H,42,53)(H,43,54)(H,44,52)(H,50,51)/t22-,23+,29+,30+,31+,32?/m1/s1. The summed E-state index contributed by atoms with van der Waals surface area (Å²) in [6.07, 6.45) is -1.15. The highest BCUT2D eigenvalue weighted by molar-refractivity contribution is 5.98. The van der Waals surface area contributed by atoms with E-state index in [9.17, 15) is 48.9 Å². The Kier molecular flexibility index (Phi) is 13.2. The number of carbonyl (C=O) groups excluding carboxylic acids is 6. The topological polar surface area (TPSA) is 235 Å². The quantitative estimate of drug-likeness (QED) is 0.214. The van der Waals surface area contributed by atoms with E-state index in [1.165, 1.54) is 69.1 Å². The number of aliphatic carboxylic acids is 1. The molecule has 6 amide bonds. The van der Waals surface area contributed by atoms with E-state index in [2.05, 4.69) is 16.0 Å². The molecule has 3 aromatic rings. The molecule has 6 atom stereocenters. The zero-order valence-corrected chi connectivity index (χ0v) is 32.8. The smallest absolute Gasteiger partial charge is 0.303 e. The van der Waals surface area contributed by atoms with Crippen LogP contribution < -0.4 is 20.7 Å². The van der Waals surface area contributed by atoms with E-state index in [1.54, 1.807) is 42.5 Å². The van der Waals surface area contributed by atoms with Gasteiger partial charge in [-0.15, -0.1) is 0 Å². The predicted molar refractivity (Wildman–Crippen MR) is 208 cm³/mol. The second-order valence-corrected chi connectivity index (χ2v) is 14.7. The number of rotatable bonds is 5. The Bertz CT molecular complexity index is 2060. The number of amides is 6. The zero-order chi connectivity index (χ0) is 42.4. The van der Waals surface area contributed by atoms with Crippen LogP contribution in [0.2, 0.25) is 0 Å². The van der Waals surface area contributed by atoms with Crippen LogP contribution in [0.5, 0.6) is 23.0 Å². The number of hydrogen-bond acceptors (Lipinski definition) is 10. The Balaban J connectivity index is 1.60. The average Bonchev–Trinajstić information content (AvgIpc) is 3.19. The summed E-state index contributed by atoms with van der Waals surface area (Å²) >= 11 is 0. The first-order chi connectivity index (χ1) is 27.4. The molecule has 1 unspecified atom stereocenters. The lowest BCUT2D eigenvalue weighted by Crippen LogP contribution is -2.62. The number of carboxylic acid groups (broad SMARTS) is 1. The molecular formula is C41H48N6O11. The number of phenolic OH excluding ortho intramolecular Hbond substituents is 2. The third kappa shape index (κ3) is 10.0. The second kappa shape index (κ2) is 18.1. The summed E-state index contributed by atoms with van der Waals surface area (Å²) in [5, 5.41) is 37.7. The van der Waals surface area contributed by atoms with Crippen LogP contribution in [0.1, 0.15) is 43.4 Å². The van der Waals surface area contributed by atoms with Crippen molar-refractivity contribution in [2.45, 2.75) is 82.2 Å². The first kappa shape index (κ1) is 42.5. The molecule has 0 aliphatic carbocycles. The minimum absolute atomic E-state index is 0.0193. The fourth-order valence-corrected chi connectivity index (χ4v) is 6.91. The predicted octanol–water partition coefficient (Wildman–Crippen LogP) is 1.09. The number of carbonyl (C=O) groups is 7. The monoisotopic (exact) mass is 800 g/mol. The van der Waals surface area contributed by atoms with Crippen LogP contribution in [-0.4, -0.2) is 129 Å². The van der Waals surface area contributed by atoms with E-state index in [0.29, 0.717) is 22.4 Å². The highest BCUT2D eigenvalue weighted by atomic mass is 16.5. The summed E-state index contributed by atoms with van der Waals surface area (Å²) in [4.78, 5) is 100. The van der Waals surface area contributed by atoms with Crippen molar-refractivity contribution in [1.29, 1.82) is 0 Å². The van der Waals surface area contributed by atoms with Gasteiger partial charge < -0.3 is 50.7 Å². The largest absolute Gasteiger partial charge is 0.508 e. The fraction of sp³-hybridized carbons (Fsp3) is 0.390. The fourth-order valence-electron chi connectivity index (χ4n) is 6.91. The molecule has 6 bridgehead atoms. The van der Waals surface area contributed by atoms with Crippen molar-refractivity contribution < 1.29 is 53.6 Å². The molecule has 3 aliphatic rings. The number of phenols is 2. The SMILES string of the molecule is C[C@@H]1NC(=O)[C@H](Cc2ccc(O)cc2)N(C)C(=O)[C@H](CCC(=O)O)NC(=O)[C@@H](C)NC(=O)[C@@H]2Cc3ccc(O)c(c3)Oc3ccc(cc3)CC(C(=O)N2C)N(C)C1=O. The van der Waals surface area contributed by atoms with Crippen molar-refractivity contribution in [1.82, 2.24) is 30.7 Å². The van der Waals surface area contributed by atoms with Gasteiger partial charge in [0.25, 0.3) is 0 Å². The minimum atomic E-state index is -1.46. The number of aromatic hydroxyl groups is 2. The van der Waals surface area contributed by atoms with Gasteiger partial charge in [-0.05, 0) is 73.4 Å². The third-order valence-electron chi connectivity index (χ3n) is 10.5. The van der Waals surface area contributed by atoms with Crippen molar-refractivity contribution >= 4 is 41.4 Å². The zero-order valence-electron chi connectivity index (χ0n) is 32.8. The first-order valence-electron chi connectivity index (χ1n) is 18.7. The van der Waals surface area contributed by atoms with E-state index in [1.807, 2.05) is 0 Å². The number of ether oxygens (including phenoxy) is 1. The maximum Gasteiger partial charge on any atom is 0.303 e. The summed E-state index contributed by atoms with van der Waals surface area (Å²) in [6, 6.07) is 9.19. The number of likely N-dealkylation sites (N-methyl/N-ethyl adjacent to an activating group) is 3. The normalized spacial score (nSPS) is 23.9. The Labute approximate surface area is 334 Å². The lowest BCUT2D eigenvalue weighted by molar-refractivity contribution is -0.149. The first-order valence-corrected chi connectivity index (χ1v) is 18.7. The Hall–Kier alpha value is -6.65. The van der Waals surface area contributed by atoms with Crippen molar-refractivity contribution in [2.75, 3.05) is 21.1 Å². The third-order valence-corrected chi connectivity index (χ3v) is 10.5. The lowest BCUT2D eigenvalue weighted by Gasteiger charge is -2.37. The molecular weight excluding hydrogens is 752 g/mol. The van der Waals surface area contributed by atoms with Crippen LogP contribution in [0, 0.1) is 0 Å². The molecule has 3 heterocycles. The summed E-state index contributed by atoms with van der Waals surface area (Å²) < 4.78 is 5.96. The molecule has 6 rings (SSSR count). The van der Waals surface area contributed by atoms with Crippen LogP contribution in [0.25, 0.3) is 0 Å². The maximum atomic E-state index is 14.6. The van der Waals surface area contributed by atoms with Gasteiger partial charge in [0.05, 0.1) is 0 Å². The molecule has 0 saturated carbocycles. The highest BCUT2D eigenvalue weighted by Gasteiger charge is 2.39. The Morgan fingerprint density at radius 3 is 1.95 bits per heavy atom. The van der Waals surface area contributed by atoms with Crippen molar-refractivity contribution in [3.05, 3.63) is 83.4 Å². The molecule has 1 fully saturated rings. The van der Waals surface area contributed by atoms with Gasteiger partial charge in [-0.3, -0.25) is 33.6 Å². The number of hydrogen-bond donors (Lipinski definition) is 6. The van der Waals surface area contributed by atoms with Crippen molar-refractivity contribution in [3.8, 4) is 23.0 Å². The maximum absolute atomic E-state index is 14.6. The van der Waals surface area contributed by atoms with Crippen molar-refractivity contribution in [2.24, 2.45) is 0 Å². The van der Waals surface area contributed by atoms with Gasteiger partial charge in [-0.2, -0.15) is 0 Å². The molecule has 0 aromatic heterocycles. The summed E-state index contributed by atoms with van der Waals surface area (Å²) in [7, 11) is 4.11. The molecule has 17 heteroatoms. The Morgan fingerprint density at radius 2 is 1.29 bits per heavy atom. The van der Waals surface area contributed by atoms with Crippen molar-refractivity contribution in [3.63, 3.8) is 0 Å². The molecule has 6 N–H and O–H groups in total. The van der Waals surface area contributed by atoms with Gasteiger partial charge in [0, 0.05) is 46.8 Å². The molecule has 0 spiro atoms. The van der Waals surface area contributed by atoms with Crippen LogP contribution in [0.4, 0.5) is 0 Å². The summed E-state index contributed by atoms with van der Waals surface area (Å²) in [5.41, 5.74) is 1.62. The summed E-state index contributed by atoms with van der Waals surface area (Å²) in [5.74, 6) is -5.48. The van der Waals surface area contributed by atoms with E-state index in [-0.39, 0.29) is 42.9 Å². The number of nitrogens with one attached hydrogen (secondary N) is 3. The van der Waals surface area contributed by atoms with Crippen LogP contribution in [0.3, 0.4) is 0 Å². The molecule has 3 aromatic carbocycles. The van der Waals surface area contributed by atoms with E-state index >= 15 is 0 Å². The number of carboxylic acids is 1. The molecule has 17 nitrogen and oxygen atoms in total. The lowest BCUT2D eigenvalue weighted by atomic mass is 9.98. The van der Waals surface area contributed by atoms with E-state index < -0.39 is 84.1 Å². The molecule has 3 aliphatic heterocycles. The van der Waals surface area contributed by atoms with Gasteiger partial charge >= 0.3 is 5.97 Å². The van der Waals surface area contributed by atoms with Crippen LogP contribution in [-0.2, 0) is 52.8 Å². The van der Waals surface area contributed by atoms with Gasteiger partial charge in [-0.1, -0.05) is 30.3 Å². The van der Waals surface area contributed by atoms with Gasteiger partial charge in [0.2, 0.25) is 35.4 Å². The van der Waals surface area contributed by atoms with Gasteiger partial charge in [0.1, 0.15) is 47.8 Å². The van der Waals surface area contributed by atoms with Crippen LogP contribution in [0.15, 0.2) is 66.7 Å². The van der Waals surface area contributed by atoms with Gasteiger partial charge in [-0.25, -0.2) is 0 Å². The van der Waals surface area contributed by atoms with E-state index in [0.717, 1.165) is 4.90 Å². The molecule has 58 heavy (non-hydrogen) atoms. The minimum Gasteiger partial charge on any atom is -0.508 e. The second-order valence-electron chi connectivity index (χ2n) is 14.7. The number of benzene rings is 3. The average molecular weight is 801 g/mol.